The van der Waals surface area contributed by atoms with Crippen LogP contribution in [-0.2, 0) is 19.2 Å². The van der Waals surface area contributed by atoms with Gasteiger partial charge in [-0.1, -0.05) is 0 Å². The highest BCUT2D eigenvalue weighted by atomic mass is 32.1. The van der Waals surface area contributed by atoms with Gasteiger partial charge in [0, 0.05) is 18.1 Å². The largest absolute Gasteiger partial charge is 0.480 e. The molecule has 0 saturated heterocycles. The first kappa shape index (κ1) is 25.8. The number of guanidine groups is 1. The fraction of sp³-hybridized carbons (Fsp3) is 0.643. The van der Waals surface area contributed by atoms with E-state index in [4.69, 9.17) is 17.2 Å². The maximum absolute atomic E-state index is 12.2. The van der Waals surface area contributed by atoms with Gasteiger partial charge in [0.05, 0.1) is 12.6 Å². The van der Waals surface area contributed by atoms with Crippen molar-refractivity contribution in [1.82, 2.24) is 16.0 Å². The lowest BCUT2D eigenvalue weighted by molar-refractivity contribution is -0.142. The van der Waals surface area contributed by atoms with Crippen molar-refractivity contribution < 1.29 is 24.3 Å². The summed E-state index contributed by atoms with van der Waals surface area (Å²) in [5.41, 5.74) is 15.8. The van der Waals surface area contributed by atoms with Gasteiger partial charge in [-0.2, -0.15) is 25.3 Å². The van der Waals surface area contributed by atoms with Crippen LogP contribution in [0.15, 0.2) is 4.99 Å². The number of carboxylic acids is 1. The third kappa shape index (κ3) is 10.8. The first-order valence-electron chi connectivity index (χ1n) is 8.25. The van der Waals surface area contributed by atoms with Crippen molar-refractivity contribution in [3.05, 3.63) is 0 Å². The van der Waals surface area contributed by atoms with Crippen LogP contribution in [0.3, 0.4) is 0 Å². The zero-order valence-corrected chi connectivity index (χ0v) is 16.9. The molecule has 0 aromatic heterocycles. The number of nitrogens with zero attached hydrogens (tertiary/aromatic N) is 1. The SMILES string of the molecule is NC(N)=NCCCC(NC(=O)C(CS)NC(=O)CNC(=O)C(N)CS)C(=O)O. The van der Waals surface area contributed by atoms with Crippen LogP contribution in [0.5, 0.6) is 0 Å². The minimum atomic E-state index is -1.24. The molecule has 3 unspecified atom stereocenters. The predicted molar refractivity (Wildman–Crippen MR) is 110 cm³/mol. The van der Waals surface area contributed by atoms with Gasteiger partial charge < -0.3 is 38.3 Å². The molecule has 0 rings (SSSR count). The summed E-state index contributed by atoms with van der Waals surface area (Å²) in [7, 11) is 0. The molecule has 0 radical (unpaired) electrons. The highest BCUT2D eigenvalue weighted by Gasteiger charge is 2.25. The van der Waals surface area contributed by atoms with Gasteiger partial charge in [-0.25, -0.2) is 4.79 Å². The molecule has 3 amide bonds. The van der Waals surface area contributed by atoms with E-state index in [1.54, 1.807) is 0 Å². The van der Waals surface area contributed by atoms with Gasteiger partial charge in [-0.3, -0.25) is 19.4 Å². The number of aliphatic imine (C=N–C) groups is 1. The van der Waals surface area contributed by atoms with Gasteiger partial charge >= 0.3 is 5.97 Å². The summed E-state index contributed by atoms with van der Waals surface area (Å²) in [4.78, 5) is 50.6. The Labute approximate surface area is 173 Å². The number of nitrogens with one attached hydrogen (secondary N) is 3. The second-order valence-corrected chi connectivity index (χ2v) is 6.39. The second kappa shape index (κ2) is 13.9. The van der Waals surface area contributed by atoms with Gasteiger partial charge in [0.25, 0.3) is 0 Å². The lowest BCUT2D eigenvalue weighted by Crippen LogP contribution is -2.54. The maximum Gasteiger partial charge on any atom is 0.326 e. The topological polar surface area (TPSA) is 215 Å². The zero-order valence-electron chi connectivity index (χ0n) is 15.1. The van der Waals surface area contributed by atoms with E-state index in [-0.39, 0.29) is 30.4 Å². The van der Waals surface area contributed by atoms with Gasteiger partial charge in [-0.15, -0.1) is 0 Å². The zero-order chi connectivity index (χ0) is 21.7. The van der Waals surface area contributed by atoms with Crippen LogP contribution in [-0.4, -0.2) is 77.5 Å². The van der Waals surface area contributed by atoms with E-state index in [0.717, 1.165) is 0 Å². The minimum absolute atomic E-state index is 0.0813. The molecule has 14 heteroatoms. The molecule has 0 aliphatic rings. The van der Waals surface area contributed by atoms with E-state index >= 15 is 0 Å². The molecule has 160 valence electrons. The first-order chi connectivity index (χ1) is 13.1. The second-order valence-electron chi connectivity index (χ2n) is 5.66. The lowest BCUT2D eigenvalue weighted by atomic mass is 10.1. The number of hydrogen-bond donors (Lipinski definition) is 9. The molecule has 12 nitrogen and oxygen atoms in total. The molecule has 10 N–H and O–H groups in total. The van der Waals surface area contributed by atoms with Crippen molar-refractivity contribution in [2.24, 2.45) is 22.2 Å². The maximum atomic E-state index is 12.2. The Morgan fingerprint density at radius 3 is 2.14 bits per heavy atom. The molecule has 0 aromatic rings. The third-order valence-electron chi connectivity index (χ3n) is 3.35. The molecule has 0 heterocycles. The van der Waals surface area contributed by atoms with Crippen LogP contribution >= 0.6 is 25.3 Å². The fourth-order valence-electron chi connectivity index (χ4n) is 1.85. The van der Waals surface area contributed by atoms with Crippen LogP contribution < -0.4 is 33.2 Å². The van der Waals surface area contributed by atoms with Crippen LogP contribution in [0.4, 0.5) is 0 Å². The average Bonchev–Trinajstić information content (AvgIpc) is 2.64. The number of carboxylic acid groups (broad SMARTS) is 1. The molecule has 0 aromatic carbocycles. The van der Waals surface area contributed by atoms with E-state index in [9.17, 15) is 24.3 Å². The van der Waals surface area contributed by atoms with E-state index in [0.29, 0.717) is 6.42 Å². The number of amides is 3. The van der Waals surface area contributed by atoms with E-state index in [2.05, 4.69) is 46.2 Å². The van der Waals surface area contributed by atoms with E-state index < -0.39 is 48.4 Å². The lowest BCUT2D eigenvalue weighted by Gasteiger charge is -2.20. The van der Waals surface area contributed by atoms with Gasteiger partial charge in [0.1, 0.15) is 12.1 Å². The summed E-state index contributed by atoms with van der Waals surface area (Å²) >= 11 is 7.85. The van der Waals surface area contributed by atoms with Gasteiger partial charge in [-0.05, 0) is 12.8 Å². The first-order valence-corrected chi connectivity index (χ1v) is 9.51. The Balaban J connectivity index is 4.61. The third-order valence-corrected chi connectivity index (χ3v) is 4.11. The highest BCUT2D eigenvalue weighted by molar-refractivity contribution is 7.80. The van der Waals surface area contributed by atoms with Crippen molar-refractivity contribution in [2.75, 3.05) is 24.6 Å². The molecule has 0 bridgehead atoms. The normalized spacial score (nSPS) is 13.5. The van der Waals surface area contributed by atoms with Crippen LogP contribution in [0.2, 0.25) is 0 Å². The summed E-state index contributed by atoms with van der Waals surface area (Å²) in [6.07, 6.45) is 0.410. The van der Waals surface area contributed by atoms with Crippen molar-refractivity contribution in [1.29, 1.82) is 0 Å². The number of nitrogens with two attached hydrogens (primary N) is 3. The Morgan fingerprint density at radius 1 is 1.00 bits per heavy atom. The van der Waals surface area contributed by atoms with Crippen molar-refractivity contribution >= 4 is 54.9 Å². The quantitative estimate of drug-likeness (QED) is 0.0605. The van der Waals surface area contributed by atoms with Crippen LogP contribution in [0.25, 0.3) is 0 Å². The molecule has 0 fully saturated rings. The number of thiol groups is 2. The predicted octanol–water partition coefficient (Wildman–Crippen LogP) is -3.60. The number of carbonyl (C=O) groups excluding carboxylic acids is 3. The standard InChI is InChI=1S/C14H27N7O5S2/c15-7(5-27)11(23)19-4-10(22)20-9(6-28)12(24)21-8(13(25)26)2-1-3-18-14(16)17/h7-9,27-28H,1-6,15H2,(H,19,23)(H,20,22)(H,21,24)(H,25,26)(H4,16,17,18). The fourth-order valence-corrected chi connectivity index (χ4v) is 2.28. The summed E-state index contributed by atoms with van der Waals surface area (Å²) in [6.45, 7) is -0.193. The summed E-state index contributed by atoms with van der Waals surface area (Å²) < 4.78 is 0. The van der Waals surface area contributed by atoms with E-state index in [1.165, 1.54) is 0 Å². The molecule has 3 atom stereocenters. The molecule has 0 aliphatic heterocycles. The number of hydrogen-bond acceptors (Lipinski definition) is 8. The summed E-state index contributed by atoms with van der Waals surface area (Å²) in [6, 6.07) is -3.14. The van der Waals surface area contributed by atoms with Gasteiger partial charge in [0.2, 0.25) is 17.7 Å². The molecule has 28 heavy (non-hydrogen) atoms. The minimum Gasteiger partial charge on any atom is -0.480 e. The smallest absolute Gasteiger partial charge is 0.326 e. The van der Waals surface area contributed by atoms with Crippen LogP contribution in [0.1, 0.15) is 12.8 Å². The number of carbonyl (C=O) groups is 4. The number of aliphatic carboxylic acids is 1. The van der Waals surface area contributed by atoms with Gasteiger partial charge in [0.15, 0.2) is 5.96 Å². The van der Waals surface area contributed by atoms with E-state index in [1.807, 2.05) is 0 Å². The number of rotatable bonds is 13. The molecule has 0 spiro atoms. The summed E-state index contributed by atoms with van der Waals surface area (Å²) in [5, 5.41) is 16.2. The Bertz CT molecular complexity index is 586. The average molecular weight is 438 g/mol. The van der Waals surface area contributed by atoms with Crippen molar-refractivity contribution in [2.45, 2.75) is 31.0 Å². The molecular formula is C14H27N7O5S2. The molecule has 0 saturated carbocycles. The summed E-state index contributed by atoms with van der Waals surface area (Å²) in [5.74, 6) is -3.28. The monoisotopic (exact) mass is 437 g/mol. The molecule has 0 aliphatic carbocycles. The Hall–Kier alpha value is -2.19. The highest BCUT2D eigenvalue weighted by Crippen LogP contribution is 2.00. The Kier molecular flexibility index (Phi) is 12.8. The Morgan fingerprint density at radius 2 is 1.64 bits per heavy atom. The van der Waals surface area contributed by atoms with Crippen molar-refractivity contribution in [3.8, 4) is 0 Å². The molecular weight excluding hydrogens is 410 g/mol. The van der Waals surface area contributed by atoms with Crippen LogP contribution in [0, 0.1) is 0 Å². The van der Waals surface area contributed by atoms with Crippen molar-refractivity contribution in [3.63, 3.8) is 0 Å².